The van der Waals surface area contributed by atoms with Crippen LogP contribution in [0.5, 0.6) is 0 Å². The minimum atomic E-state index is -2.88. The fourth-order valence-electron chi connectivity index (χ4n) is 2.55. The number of rotatable bonds is 19. The molecule has 0 saturated carbocycles. The Labute approximate surface area is 151 Å². The zero-order chi connectivity index (χ0) is 17.9. The SMILES string of the molecule is C=C[Si](OCCCCCCCC)(OCCCCCCCC)OOC. The highest BCUT2D eigenvalue weighted by molar-refractivity contribution is 6.65. The van der Waals surface area contributed by atoms with Gasteiger partial charge in [0.05, 0.1) is 7.11 Å². The predicted molar refractivity (Wildman–Crippen MR) is 103 cm³/mol. The van der Waals surface area contributed by atoms with E-state index in [9.17, 15) is 0 Å². The maximum Gasteiger partial charge on any atom is 0.557 e. The average molecular weight is 361 g/mol. The molecule has 0 fully saturated rings. The van der Waals surface area contributed by atoms with Crippen LogP contribution in [0.15, 0.2) is 12.3 Å². The van der Waals surface area contributed by atoms with Crippen molar-refractivity contribution in [3.63, 3.8) is 0 Å². The maximum absolute atomic E-state index is 5.92. The summed E-state index contributed by atoms with van der Waals surface area (Å²) in [5, 5.41) is 0. The van der Waals surface area contributed by atoms with E-state index in [-0.39, 0.29) is 0 Å². The summed E-state index contributed by atoms with van der Waals surface area (Å²) in [5.41, 5.74) is 1.67. The van der Waals surface area contributed by atoms with Crippen LogP contribution in [0.2, 0.25) is 0 Å². The third kappa shape index (κ3) is 13.1. The molecule has 0 unspecified atom stereocenters. The Balaban J connectivity index is 3.92. The summed E-state index contributed by atoms with van der Waals surface area (Å²) < 4.78 is 17.2. The van der Waals surface area contributed by atoms with Crippen molar-refractivity contribution in [1.29, 1.82) is 0 Å². The molecule has 0 atom stereocenters. The quantitative estimate of drug-likeness (QED) is 0.123. The third-order valence-electron chi connectivity index (χ3n) is 4.05. The fraction of sp³-hybridized carbons (Fsp3) is 0.895. The number of hydrogen-bond donors (Lipinski definition) is 0. The Kier molecular flexibility index (Phi) is 17.5. The van der Waals surface area contributed by atoms with Crippen molar-refractivity contribution in [3.05, 3.63) is 12.3 Å². The van der Waals surface area contributed by atoms with Crippen molar-refractivity contribution in [2.45, 2.75) is 90.9 Å². The largest absolute Gasteiger partial charge is 0.557 e. The summed E-state index contributed by atoms with van der Waals surface area (Å²) in [4.78, 5) is 4.86. The van der Waals surface area contributed by atoms with Gasteiger partial charge in [-0.2, -0.15) is 0 Å². The van der Waals surface area contributed by atoms with Crippen LogP contribution in [0, 0.1) is 0 Å². The average Bonchev–Trinajstić information content (AvgIpc) is 2.60. The van der Waals surface area contributed by atoms with Crippen LogP contribution in [-0.4, -0.2) is 29.1 Å². The van der Waals surface area contributed by atoms with Crippen LogP contribution in [-0.2, 0) is 18.3 Å². The van der Waals surface area contributed by atoms with Crippen molar-refractivity contribution < 1.29 is 18.3 Å². The highest BCUT2D eigenvalue weighted by Gasteiger charge is 2.39. The lowest BCUT2D eigenvalue weighted by molar-refractivity contribution is -0.225. The maximum atomic E-state index is 5.92. The Morgan fingerprint density at radius 1 is 0.708 bits per heavy atom. The Hall–Kier alpha value is -0.203. The lowest BCUT2D eigenvalue weighted by Crippen LogP contribution is -2.44. The van der Waals surface area contributed by atoms with E-state index in [1.165, 1.54) is 71.3 Å². The van der Waals surface area contributed by atoms with Gasteiger partial charge in [0, 0.05) is 13.2 Å². The molecule has 0 N–H and O–H groups in total. The van der Waals surface area contributed by atoms with Gasteiger partial charge in [0.2, 0.25) is 0 Å². The molecule has 0 heterocycles. The molecular formula is C19H40O4Si. The van der Waals surface area contributed by atoms with E-state index in [0.717, 1.165) is 12.8 Å². The normalized spacial score (nSPS) is 11.8. The molecule has 0 aromatic rings. The minimum Gasteiger partial charge on any atom is -0.369 e. The molecule has 24 heavy (non-hydrogen) atoms. The second-order valence-electron chi connectivity index (χ2n) is 6.29. The summed E-state index contributed by atoms with van der Waals surface area (Å²) in [6.45, 7) is 9.59. The zero-order valence-corrected chi connectivity index (χ0v) is 17.3. The standard InChI is InChI=1S/C19H40O4Si/c1-5-8-10-12-14-16-18-21-24(7-3,23-20-4)22-19-17-15-13-11-9-6-2/h7H,3,5-6,8-19H2,1-2,4H3. The molecule has 0 saturated heterocycles. The van der Waals surface area contributed by atoms with Gasteiger partial charge in [-0.05, 0) is 18.5 Å². The molecule has 0 bridgehead atoms. The smallest absolute Gasteiger partial charge is 0.369 e. The monoisotopic (exact) mass is 360 g/mol. The zero-order valence-electron chi connectivity index (χ0n) is 16.3. The molecule has 144 valence electrons. The van der Waals surface area contributed by atoms with E-state index in [1.807, 2.05) is 0 Å². The van der Waals surface area contributed by atoms with Gasteiger partial charge in [0.15, 0.2) is 0 Å². The van der Waals surface area contributed by atoms with E-state index in [1.54, 1.807) is 5.70 Å². The van der Waals surface area contributed by atoms with Crippen LogP contribution in [0.25, 0.3) is 0 Å². The molecule has 0 aliphatic rings. The molecule has 0 aromatic carbocycles. The Bertz CT molecular complexity index is 256. The van der Waals surface area contributed by atoms with Gasteiger partial charge in [-0.15, -0.1) is 0 Å². The predicted octanol–water partition coefficient (Wildman–Crippen LogP) is 5.98. The summed E-state index contributed by atoms with van der Waals surface area (Å²) in [7, 11) is -1.39. The van der Waals surface area contributed by atoms with E-state index in [4.69, 9.17) is 18.3 Å². The third-order valence-corrected chi connectivity index (χ3v) is 6.16. The molecule has 5 heteroatoms. The van der Waals surface area contributed by atoms with Crippen LogP contribution < -0.4 is 0 Å². The first-order chi connectivity index (χ1) is 11.7. The molecule has 0 aromatic heterocycles. The molecular weight excluding hydrogens is 320 g/mol. The topological polar surface area (TPSA) is 36.9 Å². The number of unbranched alkanes of at least 4 members (excludes halogenated alkanes) is 10. The molecule has 0 rings (SSSR count). The highest BCUT2D eigenvalue weighted by atomic mass is 28.4. The Morgan fingerprint density at radius 3 is 1.50 bits per heavy atom. The van der Waals surface area contributed by atoms with Gasteiger partial charge >= 0.3 is 8.80 Å². The summed E-state index contributed by atoms with van der Waals surface area (Å²) in [6.07, 6.45) is 14.8. The molecule has 4 nitrogen and oxygen atoms in total. The van der Waals surface area contributed by atoms with Crippen LogP contribution >= 0.6 is 0 Å². The van der Waals surface area contributed by atoms with E-state index < -0.39 is 8.80 Å². The molecule has 0 aliphatic carbocycles. The second kappa shape index (κ2) is 17.6. The first-order valence-corrected chi connectivity index (χ1v) is 11.7. The number of hydrogen-bond acceptors (Lipinski definition) is 4. The van der Waals surface area contributed by atoms with Crippen molar-refractivity contribution in [2.75, 3.05) is 20.3 Å². The molecule has 0 aliphatic heterocycles. The van der Waals surface area contributed by atoms with E-state index >= 15 is 0 Å². The minimum absolute atomic E-state index is 0.643. The van der Waals surface area contributed by atoms with Gasteiger partial charge < -0.3 is 8.85 Å². The first kappa shape index (κ1) is 23.8. The van der Waals surface area contributed by atoms with Gasteiger partial charge in [-0.1, -0.05) is 84.6 Å². The molecule has 0 radical (unpaired) electrons. The highest BCUT2D eigenvalue weighted by Crippen LogP contribution is 2.15. The lowest BCUT2D eigenvalue weighted by atomic mass is 10.1. The first-order valence-electron chi connectivity index (χ1n) is 9.88. The van der Waals surface area contributed by atoms with Gasteiger partial charge in [0.1, 0.15) is 0 Å². The van der Waals surface area contributed by atoms with Crippen molar-refractivity contribution >= 4 is 8.80 Å². The van der Waals surface area contributed by atoms with Crippen molar-refractivity contribution in [3.8, 4) is 0 Å². The van der Waals surface area contributed by atoms with Crippen LogP contribution in [0.3, 0.4) is 0 Å². The van der Waals surface area contributed by atoms with E-state index in [2.05, 4.69) is 20.4 Å². The van der Waals surface area contributed by atoms with Crippen LogP contribution in [0.4, 0.5) is 0 Å². The van der Waals surface area contributed by atoms with Crippen LogP contribution in [0.1, 0.15) is 90.9 Å². The molecule has 0 spiro atoms. The van der Waals surface area contributed by atoms with Gasteiger partial charge in [0.25, 0.3) is 0 Å². The van der Waals surface area contributed by atoms with Gasteiger partial charge in [-0.25, -0.2) is 9.46 Å². The lowest BCUT2D eigenvalue weighted by Gasteiger charge is -2.24. The summed E-state index contributed by atoms with van der Waals surface area (Å²) in [5.74, 6) is 0. The second-order valence-corrected chi connectivity index (χ2v) is 8.65. The summed E-state index contributed by atoms with van der Waals surface area (Å²) >= 11 is 0. The van der Waals surface area contributed by atoms with Gasteiger partial charge in [-0.3, -0.25) is 0 Å². The Morgan fingerprint density at radius 2 is 1.12 bits per heavy atom. The fourth-order valence-corrected chi connectivity index (χ4v) is 4.12. The summed E-state index contributed by atoms with van der Waals surface area (Å²) in [6, 6.07) is 0. The van der Waals surface area contributed by atoms with Crippen molar-refractivity contribution in [2.24, 2.45) is 0 Å². The van der Waals surface area contributed by atoms with Crippen molar-refractivity contribution in [1.82, 2.24) is 0 Å². The van der Waals surface area contributed by atoms with E-state index in [0.29, 0.717) is 13.2 Å². The molecule has 0 amide bonds.